The van der Waals surface area contributed by atoms with Gasteiger partial charge in [-0.1, -0.05) is 17.4 Å². The maximum absolute atomic E-state index is 12.6. The lowest BCUT2D eigenvalue weighted by molar-refractivity contribution is 0.208. The first kappa shape index (κ1) is 18.6. The Morgan fingerprint density at radius 2 is 1.79 bits per heavy atom. The molecule has 2 aromatic carbocycles. The quantitative estimate of drug-likeness (QED) is 0.718. The number of piperazine rings is 1. The molecule has 1 N–H and O–H groups in total. The van der Waals surface area contributed by atoms with E-state index in [9.17, 15) is 4.79 Å². The molecule has 0 spiro atoms. The third-order valence-electron chi connectivity index (χ3n) is 4.89. The number of rotatable bonds is 3. The van der Waals surface area contributed by atoms with Crippen LogP contribution in [0.2, 0.25) is 0 Å². The van der Waals surface area contributed by atoms with Crippen molar-refractivity contribution in [3.8, 4) is 5.75 Å². The molecule has 1 aromatic heterocycles. The predicted octanol–water partition coefficient (Wildman–Crippen LogP) is 4.28. The van der Waals surface area contributed by atoms with E-state index in [2.05, 4.69) is 16.3 Å². The summed E-state index contributed by atoms with van der Waals surface area (Å²) in [6, 6.07) is 12.0. The van der Waals surface area contributed by atoms with Gasteiger partial charge in [-0.15, -0.1) is 0 Å². The first-order chi connectivity index (χ1) is 13.5. The number of amides is 2. The Bertz CT molecular complexity index is 989. The van der Waals surface area contributed by atoms with Crippen molar-refractivity contribution in [1.82, 2.24) is 9.88 Å². The molecule has 0 aliphatic carbocycles. The van der Waals surface area contributed by atoms with Gasteiger partial charge in [-0.3, -0.25) is 0 Å². The second-order valence-corrected chi connectivity index (χ2v) is 8.12. The van der Waals surface area contributed by atoms with Crippen LogP contribution in [0.1, 0.15) is 11.1 Å². The second kappa shape index (κ2) is 7.67. The molecule has 1 aliphatic heterocycles. The normalized spacial score (nSPS) is 14.4. The maximum Gasteiger partial charge on any atom is 0.321 e. The number of methoxy groups -OCH3 is 1. The van der Waals surface area contributed by atoms with E-state index >= 15 is 0 Å². The summed E-state index contributed by atoms with van der Waals surface area (Å²) in [7, 11) is 1.67. The number of fused-ring (bicyclic) bond motifs is 1. The molecule has 0 radical (unpaired) electrons. The highest BCUT2D eigenvalue weighted by Gasteiger charge is 2.23. The number of ether oxygens (including phenoxy) is 1. The molecule has 0 bridgehead atoms. The van der Waals surface area contributed by atoms with Crippen molar-refractivity contribution >= 4 is 38.4 Å². The molecule has 1 aliphatic rings. The van der Waals surface area contributed by atoms with Crippen LogP contribution < -0.4 is 15.0 Å². The largest absolute Gasteiger partial charge is 0.497 e. The summed E-state index contributed by atoms with van der Waals surface area (Å²) in [6.07, 6.45) is 0. The van der Waals surface area contributed by atoms with Gasteiger partial charge >= 0.3 is 6.03 Å². The minimum atomic E-state index is -0.0429. The van der Waals surface area contributed by atoms with Gasteiger partial charge in [0.25, 0.3) is 0 Å². The number of nitrogens with zero attached hydrogens (tertiary/aromatic N) is 3. The van der Waals surface area contributed by atoms with E-state index in [0.29, 0.717) is 13.1 Å². The fraction of sp³-hybridized carbons (Fsp3) is 0.333. The minimum Gasteiger partial charge on any atom is -0.497 e. The SMILES string of the molecule is COc1ccc2nc(N3CCN(C(=O)Nc4cc(C)cc(C)c4)CC3)sc2c1. The van der Waals surface area contributed by atoms with Crippen molar-refractivity contribution in [3.63, 3.8) is 0 Å². The fourth-order valence-corrected chi connectivity index (χ4v) is 4.55. The van der Waals surface area contributed by atoms with Crippen LogP contribution in [-0.4, -0.2) is 49.2 Å². The van der Waals surface area contributed by atoms with E-state index in [1.54, 1.807) is 18.4 Å². The number of benzene rings is 2. The number of aromatic nitrogens is 1. The predicted molar refractivity (Wildman–Crippen MR) is 115 cm³/mol. The van der Waals surface area contributed by atoms with Crippen molar-refractivity contribution < 1.29 is 9.53 Å². The topological polar surface area (TPSA) is 57.7 Å². The Morgan fingerprint density at radius 3 is 2.46 bits per heavy atom. The number of carbonyl (C=O) groups is 1. The Labute approximate surface area is 168 Å². The number of hydrogen-bond donors (Lipinski definition) is 1. The fourth-order valence-electron chi connectivity index (χ4n) is 3.51. The summed E-state index contributed by atoms with van der Waals surface area (Å²) >= 11 is 1.66. The van der Waals surface area contributed by atoms with E-state index in [-0.39, 0.29) is 6.03 Å². The third-order valence-corrected chi connectivity index (χ3v) is 5.97. The molecule has 4 rings (SSSR count). The highest BCUT2D eigenvalue weighted by Crippen LogP contribution is 2.31. The minimum absolute atomic E-state index is 0.0429. The molecule has 146 valence electrons. The van der Waals surface area contributed by atoms with Gasteiger partial charge in [0, 0.05) is 31.9 Å². The lowest BCUT2D eigenvalue weighted by atomic mass is 10.1. The van der Waals surface area contributed by atoms with Gasteiger partial charge < -0.3 is 19.9 Å². The van der Waals surface area contributed by atoms with Gasteiger partial charge in [0.1, 0.15) is 5.75 Å². The molecule has 3 aromatic rings. The highest BCUT2D eigenvalue weighted by molar-refractivity contribution is 7.22. The number of carbonyl (C=O) groups excluding carboxylic acids is 1. The lowest BCUT2D eigenvalue weighted by Gasteiger charge is -2.34. The summed E-state index contributed by atoms with van der Waals surface area (Å²) in [5, 5.41) is 4.02. The van der Waals surface area contributed by atoms with E-state index < -0.39 is 0 Å². The van der Waals surface area contributed by atoms with Gasteiger partial charge in [0.2, 0.25) is 0 Å². The first-order valence-corrected chi connectivity index (χ1v) is 10.2. The monoisotopic (exact) mass is 396 g/mol. The zero-order valence-corrected chi connectivity index (χ0v) is 17.2. The summed E-state index contributed by atoms with van der Waals surface area (Å²) in [5.74, 6) is 0.843. The second-order valence-electron chi connectivity index (χ2n) is 7.11. The summed E-state index contributed by atoms with van der Waals surface area (Å²) in [6.45, 7) is 6.98. The molecule has 2 heterocycles. The van der Waals surface area contributed by atoms with Gasteiger partial charge in [-0.25, -0.2) is 9.78 Å². The van der Waals surface area contributed by atoms with Crippen LogP contribution in [0, 0.1) is 13.8 Å². The van der Waals surface area contributed by atoms with E-state index in [1.807, 2.05) is 49.1 Å². The molecule has 1 fully saturated rings. The first-order valence-electron chi connectivity index (χ1n) is 9.35. The van der Waals surface area contributed by atoms with Crippen LogP contribution in [0.5, 0.6) is 5.75 Å². The lowest BCUT2D eigenvalue weighted by Crippen LogP contribution is -2.50. The number of aryl methyl sites for hydroxylation is 2. The molecular formula is C21H24N4O2S. The van der Waals surface area contributed by atoms with E-state index in [0.717, 1.165) is 51.0 Å². The van der Waals surface area contributed by atoms with Gasteiger partial charge in [-0.2, -0.15) is 0 Å². The molecular weight excluding hydrogens is 372 g/mol. The van der Waals surface area contributed by atoms with Crippen LogP contribution in [0.4, 0.5) is 15.6 Å². The van der Waals surface area contributed by atoms with Crippen LogP contribution in [-0.2, 0) is 0 Å². The Hall–Kier alpha value is -2.80. The average Bonchev–Trinajstić information content (AvgIpc) is 3.10. The van der Waals surface area contributed by atoms with Gasteiger partial charge in [0.05, 0.1) is 17.3 Å². The standard InChI is InChI=1S/C21H24N4O2S/c1-14-10-15(2)12-16(11-14)22-20(26)24-6-8-25(9-7-24)21-23-18-5-4-17(27-3)13-19(18)28-21/h4-5,10-13H,6-9H2,1-3H3,(H,22,26). The van der Waals surface area contributed by atoms with E-state index in [1.165, 1.54) is 0 Å². The number of urea groups is 1. The Balaban J connectivity index is 1.39. The molecule has 28 heavy (non-hydrogen) atoms. The summed E-state index contributed by atoms with van der Waals surface area (Å²) in [4.78, 5) is 21.5. The van der Waals surface area contributed by atoms with Gasteiger partial charge in [-0.05, 0) is 55.3 Å². The Morgan fingerprint density at radius 1 is 1.07 bits per heavy atom. The van der Waals surface area contributed by atoms with Crippen LogP contribution in [0.25, 0.3) is 10.2 Å². The number of thiazole rings is 1. The molecule has 1 saturated heterocycles. The van der Waals surface area contributed by atoms with Crippen LogP contribution in [0.3, 0.4) is 0 Å². The number of nitrogens with one attached hydrogen (secondary N) is 1. The van der Waals surface area contributed by atoms with Crippen LogP contribution >= 0.6 is 11.3 Å². The number of hydrogen-bond acceptors (Lipinski definition) is 5. The molecule has 0 unspecified atom stereocenters. The highest BCUT2D eigenvalue weighted by atomic mass is 32.1. The van der Waals surface area contributed by atoms with Crippen LogP contribution in [0.15, 0.2) is 36.4 Å². The van der Waals surface area contributed by atoms with Crippen molar-refractivity contribution in [1.29, 1.82) is 0 Å². The zero-order chi connectivity index (χ0) is 19.7. The number of anilines is 2. The molecule has 0 saturated carbocycles. The average molecular weight is 397 g/mol. The van der Waals surface area contributed by atoms with Crippen molar-refractivity contribution in [3.05, 3.63) is 47.5 Å². The third kappa shape index (κ3) is 3.89. The van der Waals surface area contributed by atoms with E-state index in [4.69, 9.17) is 9.72 Å². The van der Waals surface area contributed by atoms with Crippen molar-refractivity contribution in [2.45, 2.75) is 13.8 Å². The van der Waals surface area contributed by atoms with Gasteiger partial charge in [0.15, 0.2) is 5.13 Å². The molecule has 6 nitrogen and oxygen atoms in total. The Kier molecular flexibility index (Phi) is 5.09. The molecule has 2 amide bonds. The summed E-state index contributed by atoms with van der Waals surface area (Å²) in [5.41, 5.74) is 4.13. The van der Waals surface area contributed by atoms with Crippen molar-refractivity contribution in [2.24, 2.45) is 0 Å². The van der Waals surface area contributed by atoms with Crippen molar-refractivity contribution in [2.75, 3.05) is 43.5 Å². The smallest absolute Gasteiger partial charge is 0.321 e. The summed E-state index contributed by atoms with van der Waals surface area (Å²) < 4.78 is 6.41. The zero-order valence-electron chi connectivity index (χ0n) is 16.4. The maximum atomic E-state index is 12.6. The molecule has 7 heteroatoms. The molecule has 0 atom stereocenters.